The number of carbonyl (C=O) groups excluding carboxylic acids is 1. The van der Waals surface area contributed by atoms with Crippen LogP contribution in [0.2, 0.25) is 0 Å². The summed E-state index contributed by atoms with van der Waals surface area (Å²) in [6.07, 6.45) is 1.56. The van der Waals surface area contributed by atoms with Gasteiger partial charge in [0, 0.05) is 6.54 Å². The third-order valence-electron chi connectivity index (χ3n) is 3.79. The van der Waals surface area contributed by atoms with Crippen molar-refractivity contribution in [2.24, 2.45) is 0 Å². The molecule has 3 rings (SSSR count). The van der Waals surface area contributed by atoms with Crippen LogP contribution in [0.25, 0.3) is 0 Å². The maximum absolute atomic E-state index is 12.9. The van der Waals surface area contributed by atoms with Gasteiger partial charge in [-0.05, 0) is 48.2 Å². The van der Waals surface area contributed by atoms with Gasteiger partial charge in [-0.1, -0.05) is 18.2 Å². The second kappa shape index (κ2) is 8.41. The normalized spacial score (nSPS) is 11.3. The molecule has 0 spiro atoms. The van der Waals surface area contributed by atoms with Gasteiger partial charge in [0.15, 0.2) is 0 Å². The maximum Gasteiger partial charge on any atom is 0.308 e. The molecule has 6 nitrogen and oxygen atoms in total. The summed E-state index contributed by atoms with van der Waals surface area (Å²) < 4.78 is 33.8. The molecule has 0 aliphatic carbocycles. The second-order valence-electron chi connectivity index (χ2n) is 5.79. The van der Waals surface area contributed by atoms with Gasteiger partial charge in [0.25, 0.3) is 5.91 Å². The van der Waals surface area contributed by atoms with E-state index in [1.807, 2.05) is 23.6 Å². The van der Waals surface area contributed by atoms with Crippen molar-refractivity contribution in [1.29, 1.82) is 0 Å². The van der Waals surface area contributed by atoms with E-state index in [2.05, 4.69) is 0 Å². The number of rotatable bonds is 8. The number of benzene rings is 1. The van der Waals surface area contributed by atoms with Crippen molar-refractivity contribution >= 4 is 27.4 Å². The molecular weight excluding hydrogens is 386 g/mol. The van der Waals surface area contributed by atoms with Gasteiger partial charge in [-0.2, -0.15) is 8.42 Å². The van der Waals surface area contributed by atoms with Gasteiger partial charge in [0.1, 0.15) is 11.5 Å². The molecule has 0 bridgehead atoms. The number of furan rings is 1. The summed E-state index contributed by atoms with van der Waals surface area (Å²) in [5.41, 5.74) is 0.760. The highest BCUT2D eigenvalue weighted by molar-refractivity contribution is 7.87. The van der Waals surface area contributed by atoms with Gasteiger partial charge in [0.05, 0.1) is 23.4 Å². The summed E-state index contributed by atoms with van der Waals surface area (Å²) in [4.78, 5) is 15.1. The van der Waals surface area contributed by atoms with Crippen LogP contribution in [0.5, 0.6) is 5.75 Å². The number of nitrogens with zero attached hydrogens (tertiary/aromatic N) is 1. The predicted molar refractivity (Wildman–Crippen MR) is 103 cm³/mol. The fourth-order valence-electron chi connectivity index (χ4n) is 2.47. The van der Waals surface area contributed by atoms with Crippen LogP contribution >= 0.6 is 11.3 Å². The molecule has 1 amide bonds. The lowest BCUT2D eigenvalue weighted by Gasteiger charge is -2.21. The minimum Gasteiger partial charge on any atom is -0.467 e. The van der Waals surface area contributed by atoms with E-state index in [0.29, 0.717) is 23.7 Å². The predicted octanol–water partition coefficient (Wildman–Crippen LogP) is 3.91. The third kappa shape index (κ3) is 5.21. The van der Waals surface area contributed by atoms with Crippen LogP contribution < -0.4 is 4.18 Å². The number of carbonyl (C=O) groups is 1. The lowest BCUT2D eigenvalue weighted by atomic mass is 10.2. The summed E-state index contributed by atoms with van der Waals surface area (Å²) in [7, 11) is -3.60. The minimum absolute atomic E-state index is 0.112. The fraction of sp³-hybridized carbons (Fsp3) is 0.211. The molecule has 2 heterocycles. The lowest BCUT2D eigenvalue weighted by molar-refractivity contribution is 0.0722. The minimum atomic E-state index is -3.60. The Kier molecular flexibility index (Phi) is 5.98. The van der Waals surface area contributed by atoms with E-state index in [9.17, 15) is 13.2 Å². The molecule has 0 fully saturated rings. The third-order valence-corrected chi connectivity index (χ3v) is 5.81. The fourth-order valence-corrected chi connectivity index (χ4v) is 3.67. The van der Waals surface area contributed by atoms with Gasteiger partial charge < -0.3 is 13.5 Å². The Morgan fingerprint density at radius 1 is 1.15 bits per heavy atom. The van der Waals surface area contributed by atoms with Gasteiger partial charge in [-0.25, -0.2) is 0 Å². The molecule has 3 aromatic rings. The second-order valence-corrected chi connectivity index (χ2v) is 8.60. The number of amides is 1. The average Bonchev–Trinajstić information content (AvgIpc) is 3.34. The van der Waals surface area contributed by atoms with Crippen LogP contribution in [0.15, 0.2) is 64.6 Å². The highest BCUT2D eigenvalue weighted by Gasteiger charge is 2.19. The molecule has 0 aliphatic rings. The van der Waals surface area contributed by atoms with Crippen molar-refractivity contribution < 1.29 is 21.8 Å². The van der Waals surface area contributed by atoms with E-state index in [1.165, 1.54) is 18.3 Å². The van der Waals surface area contributed by atoms with E-state index in [-0.39, 0.29) is 17.4 Å². The topological polar surface area (TPSA) is 76.8 Å². The van der Waals surface area contributed by atoms with Crippen molar-refractivity contribution in [3.05, 3.63) is 76.4 Å². The Morgan fingerprint density at radius 3 is 2.67 bits per heavy atom. The number of thiophene rings is 1. The van der Waals surface area contributed by atoms with E-state index in [4.69, 9.17) is 8.60 Å². The molecule has 27 heavy (non-hydrogen) atoms. The molecule has 0 N–H and O–H groups in total. The Morgan fingerprint density at radius 2 is 2.00 bits per heavy atom. The lowest BCUT2D eigenvalue weighted by Crippen LogP contribution is -2.29. The van der Waals surface area contributed by atoms with Gasteiger partial charge in [-0.15, -0.1) is 11.3 Å². The largest absolute Gasteiger partial charge is 0.467 e. The molecule has 2 aromatic heterocycles. The molecule has 8 heteroatoms. The molecular formula is C19H19NO5S2. The van der Waals surface area contributed by atoms with Crippen molar-refractivity contribution in [2.45, 2.75) is 20.0 Å². The van der Waals surface area contributed by atoms with Crippen molar-refractivity contribution in [3.8, 4) is 5.75 Å². The molecule has 0 unspecified atom stereocenters. The van der Waals surface area contributed by atoms with Crippen molar-refractivity contribution in [1.82, 2.24) is 4.90 Å². The van der Waals surface area contributed by atoms with Crippen LogP contribution in [-0.4, -0.2) is 25.0 Å². The van der Waals surface area contributed by atoms with E-state index < -0.39 is 10.1 Å². The monoisotopic (exact) mass is 405 g/mol. The van der Waals surface area contributed by atoms with E-state index in [1.54, 1.807) is 41.5 Å². The zero-order valence-corrected chi connectivity index (χ0v) is 16.3. The molecule has 0 aliphatic heterocycles. The first-order chi connectivity index (χ1) is 13.0. The van der Waals surface area contributed by atoms with Crippen LogP contribution in [-0.2, 0) is 23.2 Å². The summed E-state index contributed by atoms with van der Waals surface area (Å²) in [5.74, 6) is 0.671. The molecule has 0 saturated heterocycles. The molecule has 0 saturated carbocycles. The first-order valence-corrected chi connectivity index (χ1v) is 10.8. The van der Waals surface area contributed by atoms with Crippen LogP contribution in [0, 0.1) is 0 Å². The Labute approximate surface area is 162 Å². The molecule has 142 valence electrons. The van der Waals surface area contributed by atoms with Crippen molar-refractivity contribution in [2.75, 3.05) is 5.75 Å². The quantitative estimate of drug-likeness (QED) is 0.531. The average molecular weight is 405 g/mol. The zero-order valence-electron chi connectivity index (χ0n) is 14.7. The summed E-state index contributed by atoms with van der Waals surface area (Å²) >= 11 is 1.37. The van der Waals surface area contributed by atoms with Gasteiger partial charge >= 0.3 is 10.1 Å². The molecule has 0 radical (unpaired) electrons. The Bertz CT molecular complexity index is 979. The number of hydrogen-bond donors (Lipinski definition) is 0. The SMILES string of the molecule is CCS(=O)(=O)Oc1cccc(CN(Cc2ccco2)C(=O)c2cccs2)c1. The number of hydrogen-bond acceptors (Lipinski definition) is 6. The first kappa shape index (κ1) is 19.2. The van der Waals surface area contributed by atoms with Crippen LogP contribution in [0.1, 0.15) is 27.9 Å². The Hall–Kier alpha value is -2.58. The van der Waals surface area contributed by atoms with E-state index in [0.717, 1.165) is 5.56 Å². The van der Waals surface area contributed by atoms with Crippen LogP contribution in [0.4, 0.5) is 0 Å². The molecule has 0 atom stereocenters. The standard InChI is InChI=1S/C19H19NO5S2/c1-2-27(22,23)25-16-7-3-6-15(12-16)13-20(14-17-8-4-10-24-17)19(21)18-9-5-11-26-18/h3-12H,2,13-14H2,1H3. The smallest absolute Gasteiger partial charge is 0.308 e. The highest BCUT2D eigenvalue weighted by atomic mass is 32.2. The summed E-state index contributed by atoms with van der Waals surface area (Å²) in [6, 6.07) is 13.9. The van der Waals surface area contributed by atoms with E-state index >= 15 is 0 Å². The molecule has 1 aromatic carbocycles. The van der Waals surface area contributed by atoms with Crippen molar-refractivity contribution in [3.63, 3.8) is 0 Å². The first-order valence-electron chi connectivity index (χ1n) is 8.33. The summed E-state index contributed by atoms with van der Waals surface area (Å²) in [5, 5.41) is 1.85. The van der Waals surface area contributed by atoms with Crippen LogP contribution in [0.3, 0.4) is 0 Å². The van der Waals surface area contributed by atoms with Gasteiger partial charge in [-0.3, -0.25) is 4.79 Å². The maximum atomic E-state index is 12.9. The summed E-state index contributed by atoms with van der Waals surface area (Å²) in [6.45, 7) is 2.12. The zero-order chi connectivity index (χ0) is 19.3. The highest BCUT2D eigenvalue weighted by Crippen LogP contribution is 2.21. The van der Waals surface area contributed by atoms with Gasteiger partial charge in [0.2, 0.25) is 0 Å². The Balaban J connectivity index is 1.82.